The summed E-state index contributed by atoms with van der Waals surface area (Å²) in [5.74, 6) is 0.923. The standard InChI is InChI=1S/C17H23ClN2O2.ClH/c1-11(2)22-15-4-3-12(9-14(15)18)20-16(21)13-10-17(13)5-7-19-8-6-17;/h3-4,9,11,13,19H,5-8,10H2,1-2H3,(H,20,21);1H. The maximum atomic E-state index is 12.4. The van der Waals surface area contributed by atoms with Crippen molar-refractivity contribution in [2.45, 2.75) is 39.2 Å². The molecule has 0 bridgehead atoms. The van der Waals surface area contributed by atoms with Crippen LogP contribution < -0.4 is 15.4 Å². The topological polar surface area (TPSA) is 50.4 Å². The Bertz CT molecular complexity index is 572. The van der Waals surface area contributed by atoms with Crippen LogP contribution in [-0.4, -0.2) is 25.1 Å². The van der Waals surface area contributed by atoms with Gasteiger partial charge in [0.25, 0.3) is 0 Å². The van der Waals surface area contributed by atoms with E-state index >= 15 is 0 Å². The van der Waals surface area contributed by atoms with Gasteiger partial charge < -0.3 is 15.4 Å². The van der Waals surface area contributed by atoms with E-state index in [1.54, 1.807) is 6.07 Å². The molecule has 1 unspecified atom stereocenters. The molecule has 1 aromatic rings. The van der Waals surface area contributed by atoms with Gasteiger partial charge in [-0.25, -0.2) is 0 Å². The van der Waals surface area contributed by atoms with Crippen LogP contribution in [0.4, 0.5) is 5.69 Å². The number of halogens is 2. The summed E-state index contributed by atoms with van der Waals surface area (Å²) in [4.78, 5) is 12.4. The predicted octanol–water partition coefficient (Wildman–Crippen LogP) is 3.88. The van der Waals surface area contributed by atoms with Crippen molar-refractivity contribution < 1.29 is 9.53 Å². The molecule has 4 nitrogen and oxygen atoms in total. The lowest BCUT2D eigenvalue weighted by Gasteiger charge is -2.23. The van der Waals surface area contributed by atoms with Gasteiger partial charge in [0.1, 0.15) is 5.75 Å². The maximum absolute atomic E-state index is 12.4. The van der Waals surface area contributed by atoms with Crippen LogP contribution in [0.2, 0.25) is 5.02 Å². The Balaban J connectivity index is 0.00000192. The average Bonchev–Trinajstić information content (AvgIpc) is 3.16. The van der Waals surface area contributed by atoms with E-state index in [4.69, 9.17) is 16.3 Å². The molecule has 1 aromatic carbocycles. The lowest BCUT2D eigenvalue weighted by Crippen LogP contribution is -2.31. The summed E-state index contributed by atoms with van der Waals surface area (Å²) in [5.41, 5.74) is 0.988. The quantitative estimate of drug-likeness (QED) is 0.858. The van der Waals surface area contributed by atoms with Gasteiger partial charge in [-0.3, -0.25) is 4.79 Å². The van der Waals surface area contributed by atoms with Crippen molar-refractivity contribution in [3.05, 3.63) is 23.2 Å². The largest absolute Gasteiger partial charge is 0.489 e. The highest BCUT2D eigenvalue weighted by Gasteiger charge is 2.57. The third-order valence-corrected chi connectivity index (χ3v) is 4.96. The fourth-order valence-corrected chi connectivity index (χ4v) is 3.58. The Morgan fingerprint density at radius 2 is 2.09 bits per heavy atom. The number of anilines is 1. The first kappa shape index (κ1) is 18.4. The molecule has 1 atom stereocenters. The SMILES string of the molecule is CC(C)Oc1ccc(NC(=O)C2CC23CCNCC3)cc1Cl.Cl. The Morgan fingerprint density at radius 3 is 2.70 bits per heavy atom. The second kappa shape index (κ2) is 7.29. The molecule has 1 aliphatic carbocycles. The molecule has 0 aromatic heterocycles. The van der Waals surface area contributed by atoms with Gasteiger partial charge in [-0.2, -0.15) is 0 Å². The van der Waals surface area contributed by atoms with Crippen molar-refractivity contribution in [3.63, 3.8) is 0 Å². The first-order chi connectivity index (χ1) is 10.5. The van der Waals surface area contributed by atoms with Gasteiger partial charge in [-0.05, 0) is 69.8 Å². The van der Waals surface area contributed by atoms with E-state index in [0.29, 0.717) is 10.8 Å². The van der Waals surface area contributed by atoms with Gasteiger partial charge in [0.15, 0.2) is 0 Å². The third-order valence-electron chi connectivity index (χ3n) is 4.67. The third kappa shape index (κ3) is 4.11. The lowest BCUT2D eigenvalue weighted by atomic mass is 9.92. The zero-order chi connectivity index (χ0) is 15.7. The normalized spacial score (nSPS) is 21.7. The minimum absolute atomic E-state index is 0. The molecule has 0 radical (unpaired) electrons. The molecule has 1 amide bonds. The minimum Gasteiger partial charge on any atom is -0.489 e. The number of carbonyl (C=O) groups is 1. The van der Waals surface area contributed by atoms with Crippen molar-refractivity contribution in [1.29, 1.82) is 0 Å². The number of amides is 1. The van der Waals surface area contributed by atoms with E-state index in [1.165, 1.54) is 0 Å². The van der Waals surface area contributed by atoms with Crippen molar-refractivity contribution >= 4 is 35.6 Å². The average molecular weight is 359 g/mol. The van der Waals surface area contributed by atoms with Crippen molar-refractivity contribution in [3.8, 4) is 5.75 Å². The molecule has 1 heterocycles. The lowest BCUT2D eigenvalue weighted by molar-refractivity contribution is -0.118. The van der Waals surface area contributed by atoms with Crippen molar-refractivity contribution in [2.75, 3.05) is 18.4 Å². The molecule has 1 saturated heterocycles. The number of carbonyl (C=O) groups excluding carboxylic acids is 1. The Hall–Kier alpha value is -0.970. The molecule has 23 heavy (non-hydrogen) atoms. The molecule has 1 saturated carbocycles. The summed E-state index contributed by atoms with van der Waals surface area (Å²) in [6.07, 6.45) is 3.30. The van der Waals surface area contributed by atoms with Crippen molar-refractivity contribution in [2.24, 2.45) is 11.3 Å². The van der Waals surface area contributed by atoms with E-state index in [2.05, 4.69) is 10.6 Å². The molecule has 1 spiro atoms. The van der Waals surface area contributed by atoms with Crippen LogP contribution in [-0.2, 0) is 4.79 Å². The van der Waals surface area contributed by atoms with E-state index < -0.39 is 0 Å². The van der Waals surface area contributed by atoms with E-state index in [9.17, 15) is 4.79 Å². The van der Waals surface area contributed by atoms with Crippen molar-refractivity contribution in [1.82, 2.24) is 5.32 Å². The molecule has 2 aliphatic rings. The highest BCUT2D eigenvalue weighted by Crippen LogP contribution is 2.58. The summed E-state index contributed by atoms with van der Waals surface area (Å²) in [6, 6.07) is 5.42. The number of rotatable bonds is 4. The smallest absolute Gasteiger partial charge is 0.228 e. The molecule has 3 rings (SSSR count). The molecular formula is C17H24Cl2N2O2. The summed E-state index contributed by atoms with van der Waals surface area (Å²) < 4.78 is 5.60. The van der Waals surface area contributed by atoms with E-state index in [0.717, 1.165) is 38.0 Å². The Kier molecular flexibility index (Phi) is 5.82. The number of ether oxygens (including phenoxy) is 1. The van der Waals surface area contributed by atoms with Crippen LogP contribution in [0.5, 0.6) is 5.75 Å². The van der Waals surface area contributed by atoms with Crippen LogP contribution in [0.25, 0.3) is 0 Å². The van der Waals surface area contributed by atoms with Gasteiger partial charge in [0.05, 0.1) is 11.1 Å². The predicted molar refractivity (Wildman–Crippen MR) is 95.7 cm³/mol. The Morgan fingerprint density at radius 1 is 1.39 bits per heavy atom. The number of piperidine rings is 1. The van der Waals surface area contributed by atoms with Gasteiger partial charge in [0, 0.05) is 11.6 Å². The highest BCUT2D eigenvalue weighted by molar-refractivity contribution is 6.32. The molecule has 1 aliphatic heterocycles. The zero-order valence-electron chi connectivity index (χ0n) is 13.5. The molecule has 128 valence electrons. The second-order valence-corrected chi connectivity index (χ2v) is 7.08. The Labute approximate surface area is 148 Å². The van der Waals surface area contributed by atoms with E-state index in [1.807, 2.05) is 26.0 Å². The van der Waals surface area contributed by atoms with Gasteiger partial charge in [0.2, 0.25) is 5.91 Å². The molecule has 2 fully saturated rings. The first-order valence-electron chi connectivity index (χ1n) is 7.98. The summed E-state index contributed by atoms with van der Waals surface area (Å²) in [7, 11) is 0. The van der Waals surface area contributed by atoms with Crippen LogP contribution in [0.15, 0.2) is 18.2 Å². The van der Waals surface area contributed by atoms with Crippen LogP contribution in [0.1, 0.15) is 33.1 Å². The van der Waals surface area contributed by atoms with Gasteiger partial charge in [-0.1, -0.05) is 11.6 Å². The second-order valence-electron chi connectivity index (χ2n) is 6.67. The highest BCUT2D eigenvalue weighted by atomic mass is 35.5. The van der Waals surface area contributed by atoms with E-state index in [-0.39, 0.29) is 35.8 Å². The van der Waals surface area contributed by atoms with Crippen LogP contribution in [0, 0.1) is 11.3 Å². The minimum atomic E-state index is 0. The number of hydrogen-bond acceptors (Lipinski definition) is 3. The maximum Gasteiger partial charge on any atom is 0.228 e. The summed E-state index contributed by atoms with van der Waals surface area (Å²) in [5, 5.41) is 6.88. The van der Waals surface area contributed by atoms with Crippen LogP contribution in [0.3, 0.4) is 0 Å². The number of benzene rings is 1. The monoisotopic (exact) mass is 358 g/mol. The summed E-state index contributed by atoms with van der Waals surface area (Å²) in [6.45, 7) is 5.96. The van der Waals surface area contributed by atoms with Gasteiger partial charge >= 0.3 is 0 Å². The number of hydrogen-bond donors (Lipinski definition) is 2. The molecule has 2 N–H and O–H groups in total. The zero-order valence-corrected chi connectivity index (χ0v) is 15.1. The molecular weight excluding hydrogens is 335 g/mol. The van der Waals surface area contributed by atoms with Crippen LogP contribution >= 0.6 is 24.0 Å². The fourth-order valence-electron chi connectivity index (χ4n) is 3.35. The fraction of sp³-hybridized carbons (Fsp3) is 0.588. The number of nitrogens with one attached hydrogen (secondary N) is 2. The first-order valence-corrected chi connectivity index (χ1v) is 8.36. The summed E-state index contributed by atoms with van der Waals surface area (Å²) >= 11 is 6.21. The van der Waals surface area contributed by atoms with Gasteiger partial charge in [-0.15, -0.1) is 12.4 Å². The molecule has 6 heteroatoms.